The van der Waals surface area contributed by atoms with E-state index in [-0.39, 0.29) is 11.9 Å². The number of nitrogens with one attached hydrogen (secondary N) is 1. The minimum absolute atomic E-state index is 0.0358. The first-order valence-electron chi connectivity index (χ1n) is 5.80. The average molecular weight is 309 g/mol. The number of aromatic nitrogens is 1. The molecule has 0 saturated carbocycles. The molecule has 0 saturated heterocycles. The van der Waals surface area contributed by atoms with Crippen LogP contribution in [0.3, 0.4) is 0 Å². The quantitative estimate of drug-likeness (QED) is 0.932. The van der Waals surface area contributed by atoms with Gasteiger partial charge in [-0.05, 0) is 51.8 Å². The van der Waals surface area contributed by atoms with Gasteiger partial charge >= 0.3 is 0 Å². The first kappa shape index (κ1) is 13.2. The van der Waals surface area contributed by atoms with Crippen molar-refractivity contribution in [3.63, 3.8) is 0 Å². The van der Waals surface area contributed by atoms with Crippen molar-refractivity contribution in [1.82, 2.24) is 10.3 Å². The second-order valence-electron chi connectivity index (χ2n) is 3.95. The lowest BCUT2D eigenvalue weighted by Gasteiger charge is -2.18. The van der Waals surface area contributed by atoms with E-state index in [2.05, 4.69) is 26.2 Å². The Balaban J connectivity index is 2.38. The molecule has 4 heteroatoms. The van der Waals surface area contributed by atoms with Gasteiger partial charge in [0.05, 0.1) is 10.5 Å². The number of hydrogen-bond donors (Lipinski definition) is 1. The van der Waals surface area contributed by atoms with E-state index in [0.29, 0.717) is 4.47 Å². The standard InChI is InChI=1S/C14H14BrFN2/c1-2-18-14(11-4-3-7-17-9-11)10-5-6-12(15)13(16)8-10/h3-9,14,18H,2H2,1H3. The number of benzene rings is 1. The minimum atomic E-state index is -0.251. The summed E-state index contributed by atoms with van der Waals surface area (Å²) in [5.74, 6) is -0.251. The summed E-state index contributed by atoms with van der Waals surface area (Å²) in [4.78, 5) is 4.11. The van der Waals surface area contributed by atoms with Crippen molar-refractivity contribution in [2.75, 3.05) is 6.54 Å². The summed E-state index contributed by atoms with van der Waals surface area (Å²) in [6, 6.07) is 9.02. The largest absolute Gasteiger partial charge is 0.306 e. The highest BCUT2D eigenvalue weighted by molar-refractivity contribution is 9.10. The highest BCUT2D eigenvalue weighted by Gasteiger charge is 2.14. The molecule has 0 aliphatic rings. The van der Waals surface area contributed by atoms with Crippen molar-refractivity contribution in [1.29, 1.82) is 0 Å². The zero-order chi connectivity index (χ0) is 13.0. The summed E-state index contributed by atoms with van der Waals surface area (Å²) in [5.41, 5.74) is 1.92. The maximum Gasteiger partial charge on any atom is 0.137 e. The molecule has 0 bridgehead atoms. The molecule has 0 spiro atoms. The summed E-state index contributed by atoms with van der Waals surface area (Å²) in [6.07, 6.45) is 3.53. The highest BCUT2D eigenvalue weighted by Crippen LogP contribution is 2.25. The Morgan fingerprint density at radius 1 is 1.33 bits per heavy atom. The number of nitrogens with zero attached hydrogens (tertiary/aromatic N) is 1. The molecule has 2 rings (SSSR count). The van der Waals surface area contributed by atoms with E-state index in [9.17, 15) is 4.39 Å². The molecule has 1 N–H and O–H groups in total. The van der Waals surface area contributed by atoms with Gasteiger partial charge in [-0.15, -0.1) is 0 Å². The average Bonchev–Trinajstić information content (AvgIpc) is 2.40. The van der Waals surface area contributed by atoms with Crippen molar-refractivity contribution in [3.8, 4) is 0 Å². The summed E-state index contributed by atoms with van der Waals surface area (Å²) in [6.45, 7) is 2.83. The fourth-order valence-electron chi connectivity index (χ4n) is 1.87. The van der Waals surface area contributed by atoms with Crippen molar-refractivity contribution < 1.29 is 4.39 Å². The molecule has 2 aromatic rings. The maximum absolute atomic E-state index is 13.6. The van der Waals surface area contributed by atoms with Gasteiger partial charge in [0.15, 0.2) is 0 Å². The second-order valence-corrected chi connectivity index (χ2v) is 4.80. The third-order valence-electron chi connectivity index (χ3n) is 2.70. The molecular formula is C14H14BrFN2. The fraction of sp³-hybridized carbons (Fsp3) is 0.214. The maximum atomic E-state index is 13.6. The van der Waals surface area contributed by atoms with Gasteiger partial charge in [-0.2, -0.15) is 0 Å². The summed E-state index contributed by atoms with van der Waals surface area (Å²) in [5, 5.41) is 3.34. The van der Waals surface area contributed by atoms with Gasteiger partial charge < -0.3 is 5.32 Å². The van der Waals surface area contributed by atoms with Gasteiger partial charge in [-0.25, -0.2) is 4.39 Å². The molecule has 0 aliphatic carbocycles. The van der Waals surface area contributed by atoms with E-state index in [1.807, 2.05) is 25.1 Å². The van der Waals surface area contributed by atoms with E-state index in [0.717, 1.165) is 17.7 Å². The van der Waals surface area contributed by atoms with Crippen LogP contribution in [0, 0.1) is 5.82 Å². The van der Waals surface area contributed by atoms with E-state index >= 15 is 0 Å². The van der Waals surface area contributed by atoms with Crippen molar-refractivity contribution >= 4 is 15.9 Å². The van der Waals surface area contributed by atoms with Crippen LogP contribution in [0.5, 0.6) is 0 Å². The predicted molar refractivity (Wildman–Crippen MR) is 73.9 cm³/mol. The van der Waals surface area contributed by atoms with Crippen LogP contribution in [0.25, 0.3) is 0 Å². The third kappa shape index (κ3) is 2.94. The molecule has 1 unspecified atom stereocenters. The lowest BCUT2D eigenvalue weighted by molar-refractivity contribution is 0.598. The highest BCUT2D eigenvalue weighted by atomic mass is 79.9. The first-order chi connectivity index (χ1) is 8.72. The van der Waals surface area contributed by atoms with Crippen molar-refractivity contribution in [3.05, 3.63) is 64.1 Å². The van der Waals surface area contributed by atoms with Crippen LogP contribution in [0.15, 0.2) is 47.2 Å². The first-order valence-corrected chi connectivity index (χ1v) is 6.60. The second kappa shape index (κ2) is 6.07. The molecule has 1 aromatic heterocycles. The molecule has 18 heavy (non-hydrogen) atoms. The van der Waals surface area contributed by atoms with Gasteiger partial charge in [-0.1, -0.05) is 19.1 Å². The van der Waals surface area contributed by atoms with Gasteiger partial charge in [0, 0.05) is 12.4 Å². The summed E-state index contributed by atoms with van der Waals surface area (Å²) >= 11 is 3.17. The Hall–Kier alpha value is -1.26. The normalized spacial score (nSPS) is 12.4. The fourth-order valence-corrected chi connectivity index (χ4v) is 2.12. The minimum Gasteiger partial charge on any atom is -0.306 e. The van der Waals surface area contributed by atoms with Gasteiger partial charge in [0.1, 0.15) is 5.82 Å². The van der Waals surface area contributed by atoms with Crippen LogP contribution in [-0.2, 0) is 0 Å². The van der Waals surface area contributed by atoms with Crippen LogP contribution in [-0.4, -0.2) is 11.5 Å². The molecule has 0 radical (unpaired) electrons. The van der Waals surface area contributed by atoms with E-state index in [1.165, 1.54) is 0 Å². The molecule has 2 nitrogen and oxygen atoms in total. The summed E-state index contributed by atoms with van der Waals surface area (Å²) < 4.78 is 14.1. The molecule has 0 amide bonds. The van der Waals surface area contributed by atoms with Gasteiger partial charge in [0.2, 0.25) is 0 Å². The zero-order valence-corrected chi connectivity index (χ0v) is 11.6. The zero-order valence-electron chi connectivity index (χ0n) is 10.0. The van der Waals surface area contributed by atoms with E-state index < -0.39 is 0 Å². The smallest absolute Gasteiger partial charge is 0.137 e. The molecule has 0 fully saturated rings. The Bertz CT molecular complexity index is 516. The molecule has 1 aromatic carbocycles. The van der Waals surface area contributed by atoms with Crippen molar-refractivity contribution in [2.24, 2.45) is 0 Å². The van der Waals surface area contributed by atoms with Gasteiger partial charge in [0.25, 0.3) is 0 Å². The Labute approximate surface area is 114 Å². The number of hydrogen-bond acceptors (Lipinski definition) is 2. The monoisotopic (exact) mass is 308 g/mol. The van der Waals surface area contributed by atoms with Crippen LogP contribution in [0.4, 0.5) is 4.39 Å². The molecular weight excluding hydrogens is 295 g/mol. The molecule has 0 aliphatic heterocycles. The van der Waals surface area contributed by atoms with E-state index in [1.54, 1.807) is 24.5 Å². The van der Waals surface area contributed by atoms with Gasteiger partial charge in [-0.3, -0.25) is 4.98 Å². The molecule has 1 heterocycles. The number of halogens is 2. The van der Waals surface area contributed by atoms with Crippen LogP contribution >= 0.6 is 15.9 Å². The van der Waals surface area contributed by atoms with Crippen molar-refractivity contribution in [2.45, 2.75) is 13.0 Å². The molecule has 1 atom stereocenters. The van der Waals surface area contributed by atoms with Crippen LogP contribution in [0.2, 0.25) is 0 Å². The lowest BCUT2D eigenvalue weighted by atomic mass is 10.00. The molecule has 94 valence electrons. The van der Waals surface area contributed by atoms with Crippen LogP contribution < -0.4 is 5.32 Å². The Morgan fingerprint density at radius 3 is 2.78 bits per heavy atom. The number of pyridine rings is 1. The topological polar surface area (TPSA) is 24.9 Å². The third-order valence-corrected chi connectivity index (χ3v) is 3.35. The Kier molecular flexibility index (Phi) is 4.44. The predicted octanol–water partition coefficient (Wildman–Crippen LogP) is 3.68. The van der Waals surface area contributed by atoms with Crippen LogP contribution in [0.1, 0.15) is 24.1 Å². The lowest BCUT2D eigenvalue weighted by Crippen LogP contribution is -2.22. The SMILES string of the molecule is CCNC(c1cccnc1)c1ccc(Br)c(F)c1. The summed E-state index contributed by atoms with van der Waals surface area (Å²) in [7, 11) is 0. The Morgan fingerprint density at radius 2 is 2.17 bits per heavy atom. The van der Waals surface area contributed by atoms with E-state index in [4.69, 9.17) is 0 Å². The number of rotatable bonds is 4.